The van der Waals surface area contributed by atoms with Crippen molar-refractivity contribution in [3.8, 4) is 0 Å². The highest BCUT2D eigenvalue weighted by Crippen LogP contribution is 2.74. The summed E-state index contributed by atoms with van der Waals surface area (Å²) >= 11 is 0. The van der Waals surface area contributed by atoms with Gasteiger partial charge in [0.25, 0.3) is 0 Å². The van der Waals surface area contributed by atoms with Crippen molar-refractivity contribution in [1.82, 2.24) is 0 Å². The number of benzene rings is 1. The van der Waals surface area contributed by atoms with Crippen LogP contribution in [-0.2, 0) is 5.54 Å². The fraction of sp³-hybridized carbons (Fsp3) is 0.556. The smallest absolute Gasteiger partial charge is 0.117 e. The van der Waals surface area contributed by atoms with Crippen LogP contribution in [0.25, 0.3) is 0 Å². The van der Waals surface area contributed by atoms with Gasteiger partial charge in [-0.1, -0.05) is 56.7 Å². The molecule has 2 nitrogen and oxygen atoms in total. The first-order chi connectivity index (χ1) is 9.60. The van der Waals surface area contributed by atoms with E-state index < -0.39 is 0 Å². The second kappa shape index (κ2) is 3.60. The van der Waals surface area contributed by atoms with Gasteiger partial charge in [-0.15, -0.1) is 6.58 Å². The monoisotopic (exact) mass is 266 g/mol. The summed E-state index contributed by atoms with van der Waals surface area (Å²) in [6.07, 6.45) is 5.95. The van der Waals surface area contributed by atoms with Crippen molar-refractivity contribution in [3.63, 3.8) is 0 Å². The average Bonchev–Trinajstić information content (AvgIpc) is 3.07. The van der Waals surface area contributed by atoms with E-state index in [0.717, 1.165) is 0 Å². The molecule has 2 heteroatoms. The van der Waals surface area contributed by atoms with E-state index in [-0.39, 0.29) is 16.5 Å². The molecule has 0 radical (unpaired) electrons. The molecule has 20 heavy (non-hydrogen) atoms. The Balaban J connectivity index is 2.00. The highest BCUT2D eigenvalue weighted by Gasteiger charge is 2.76. The van der Waals surface area contributed by atoms with Crippen LogP contribution in [0.5, 0.6) is 0 Å². The number of fused-ring (bicyclic) bond motifs is 5. The summed E-state index contributed by atoms with van der Waals surface area (Å²) in [5.41, 5.74) is 1.04. The average molecular weight is 266 g/mol. The van der Waals surface area contributed by atoms with Crippen LogP contribution in [-0.4, -0.2) is 5.54 Å². The molecule has 2 fully saturated rings. The van der Waals surface area contributed by atoms with Crippen LogP contribution in [0.1, 0.15) is 38.7 Å². The molecule has 0 aromatic heterocycles. The fourth-order valence-corrected chi connectivity index (χ4v) is 5.55. The van der Waals surface area contributed by atoms with E-state index in [4.69, 9.17) is 10.2 Å². The molecular weight excluding hydrogens is 244 g/mol. The van der Waals surface area contributed by atoms with Gasteiger partial charge in [-0.25, -0.2) is 0 Å². The van der Waals surface area contributed by atoms with Crippen LogP contribution in [0.4, 0.5) is 0 Å². The second-order valence-corrected chi connectivity index (χ2v) is 7.13. The number of hydrogen-bond acceptors (Lipinski definition) is 2. The van der Waals surface area contributed by atoms with Crippen molar-refractivity contribution >= 4 is 0 Å². The van der Waals surface area contributed by atoms with Crippen molar-refractivity contribution < 1.29 is 0 Å². The minimum absolute atomic E-state index is 0.0128. The van der Waals surface area contributed by atoms with Gasteiger partial charge >= 0.3 is 0 Å². The molecule has 1 aromatic carbocycles. The van der Waals surface area contributed by atoms with Crippen LogP contribution in [0.15, 0.2) is 53.2 Å². The molecule has 1 aromatic rings. The van der Waals surface area contributed by atoms with Crippen LogP contribution >= 0.6 is 0 Å². The molecule has 4 atom stereocenters. The lowest BCUT2D eigenvalue weighted by Crippen LogP contribution is -2.45. The topological polar surface area (TPSA) is 24.7 Å². The zero-order valence-corrected chi connectivity index (χ0v) is 12.3. The summed E-state index contributed by atoms with van der Waals surface area (Å²) in [5, 5.41) is 9.70. The molecule has 1 aliphatic heterocycles. The normalized spacial score (nSPS) is 43.7. The predicted molar refractivity (Wildman–Crippen MR) is 80.5 cm³/mol. The van der Waals surface area contributed by atoms with Crippen molar-refractivity contribution in [2.24, 2.45) is 27.5 Å². The van der Waals surface area contributed by atoms with Crippen LogP contribution in [0, 0.1) is 17.3 Å². The third-order valence-electron chi connectivity index (χ3n) is 6.47. The van der Waals surface area contributed by atoms with E-state index in [1.54, 1.807) is 0 Å². The Labute approximate surface area is 121 Å². The van der Waals surface area contributed by atoms with E-state index in [0.29, 0.717) is 11.8 Å². The van der Waals surface area contributed by atoms with Gasteiger partial charge in [0.1, 0.15) is 11.1 Å². The Bertz CT molecular complexity index is 589. The maximum Gasteiger partial charge on any atom is 0.117 e. The first-order valence-corrected chi connectivity index (χ1v) is 7.73. The molecule has 0 spiro atoms. The van der Waals surface area contributed by atoms with E-state index in [1.807, 2.05) is 0 Å². The summed E-state index contributed by atoms with van der Waals surface area (Å²) in [5.74, 6) is 1.24. The van der Waals surface area contributed by atoms with Gasteiger partial charge in [-0.3, -0.25) is 0 Å². The maximum absolute atomic E-state index is 4.90. The van der Waals surface area contributed by atoms with Crippen molar-refractivity contribution in [2.45, 2.75) is 44.2 Å². The molecule has 104 valence electrons. The first kappa shape index (κ1) is 12.3. The highest BCUT2D eigenvalue weighted by molar-refractivity contribution is 5.42. The van der Waals surface area contributed by atoms with Gasteiger partial charge in [-0.2, -0.15) is 10.2 Å². The number of hydrogen-bond donors (Lipinski definition) is 0. The predicted octanol–water partition coefficient (Wildman–Crippen LogP) is 4.73. The Hall–Kier alpha value is -1.44. The van der Waals surface area contributed by atoms with E-state index in [2.05, 4.69) is 56.8 Å². The quantitative estimate of drug-likeness (QED) is 0.691. The zero-order valence-electron chi connectivity index (χ0n) is 12.3. The molecule has 1 heterocycles. The molecule has 2 saturated carbocycles. The van der Waals surface area contributed by atoms with Crippen molar-refractivity contribution in [3.05, 3.63) is 48.6 Å². The molecule has 2 aliphatic carbocycles. The lowest BCUT2D eigenvalue weighted by atomic mass is 9.63. The Morgan fingerprint density at radius 2 is 1.80 bits per heavy atom. The Morgan fingerprint density at radius 3 is 2.50 bits per heavy atom. The molecule has 3 aliphatic rings. The minimum Gasteiger partial charge on any atom is -0.181 e. The van der Waals surface area contributed by atoms with Gasteiger partial charge in [0.2, 0.25) is 0 Å². The summed E-state index contributed by atoms with van der Waals surface area (Å²) in [6, 6.07) is 10.8. The summed E-state index contributed by atoms with van der Waals surface area (Å²) < 4.78 is 0. The maximum atomic E-state index is 4.90. The van der Waals surface area contributed by atoms with Gasteiger partial charge < -0.3 is 0 Å². The van der Waals surface area contributed by atoms with Gasteiger partial charge in [-0.05, 0) is 30.2 Å². The van der Waals surface area contributed by atoms with Crippen molar-refractivity contribution in [2.75, 3.05) is 0 Å². The number of rotatable bonds is 2. The molecule has 4 rings (SSSR count). The second-order valence-electron chi connectivity index (χ2n) is 7.13. The molecule has 0 N–H and O–H groups in total. The SMILES string of the molecule is C=C[C@]12N=N[C@](c3ccccc3)([C@@H]3CCC[C@@H]31)C2(C)C. The Morgan fingerprint density at radius 1 is 1.10 bits per heavy atom. The molecule has 0 unspecified atom stereocenters. The third kappa shape index (κ3) is 1.02. The molecule has 2 bridgehead atoms. The highest BCUT2D eigenvalue weighted by atomic mass is 15.3. The van der Waals surface area contributed by atoms with Gasteiger partial charge in [0, 0.05) is 5.41 Å². The van der Waals surface area contributed by atoms with E-state index in [9.17, 15) is 0 Å². The van der Waals surface area contributed by atoms with E-state index >= 15 is 0 Å². The summed E-state index contributed by atoms with van der Waals surface area (Å²) in [7, 11) is 0. The zero-order chi connectivity index (χ0) is 14.0. The Kier molecular flexibility index (Phi) is 2.22. The number of nitrogens with zero attached hydrogens (tertiary/aromatic N) is 2. The number of azo groups is 1. The van der Waals surface area contributed by atoms with Crippen LogP contribution in [0.2, 0.25) is 0 Å². The fourth-order valence-electron chi connectivity index (χ4n) is 5.55. The lowest BCUT2D eigenvalue weighted by Gasteiger charge is -2.40. The van der Waals surface area contributed by atoms with E-state index in [1.165, 1.54) is 24.8 Å². The van der Waals surface area contributed by atoms with Crippen LogP contribution in [0.3, 0.4) is 0 Å². The third-order valence-corrected chi connectivity index (χ3v) is 6.47. The summed E-state index contributed by atoms with van der Waals surface area (Å²) in [6.45, 7) is 8.83. The molecule has 0 amide bonds. The lowest BCUT2D eigenvalue weighted by molar-refractivity contribution is 0.164. The van der Waals surface area contributed by atoms with Gasteiger partial charge in [0.15, 0.2) is 0 Å². The molecular formula is C18H22N2. The standard InChI is InChI=1S/C18H22N2/c1-4-17-14-11-8-12-15(14)18(20-19-17,16(17,2)3)13-9-6-5-7-10-13/h4-7,9-10,14-15H,1,8,11-12H2,2-3H3/t14-,15+,17-,18+/m0/s1. The minimum atomic E-state index is -0.163. The molecule has 0 saturated heterocycles. The first-order valence-electron chi connectivity index (χ1n) is 7.73. The van der Waals surface area contributed by atoms with Crippen molar-refractivity contribution in [1.29, 1.82) is 0 Å². The summed E-state index contributed by atoms with van der Waals surface area (Å²) in [4.78, 5) is 0. The van der Waals surface area contributed by atoms with Crippen LogP contribution < -0.4 is 0 Å². The van der Waals surface area contributed by atoms with Gasteiger partial charge in [0.05, 0.1) is 0 Å². The largest absolute Gasteiger partial charge is 0.181 e.